The molecule has 19 heavy (non-hydrogen) atoms. The summed E-state index contributed by atoms with van der Waals surface area (Å²) in [5, 5.41) is 6.09. The number of hydrogen-bond acceptors (Lipinski definition) is 5. The SMILES string of the molecule is O=C1Nc2c(cccc2Nc2cc(Cl)ncn2)CO1. The van der Waals surface area contributed by atoms with Gasteiger partial charge in [0.2, 0.25) is 0 Å². The third-order valence-electron chi connectivity index (χ3n) is 2.63. The van der Waals surface area contributed by atoms with Gasteiger partial charge in [0.15, 0.2) is 0 Å². The molecule has 0 spiro atoms. The summed E-state index contributed by atoms with van der Waals surface area (Å²) < 4.78 is 4.90. The number of nitrogens with one attached hydrogen (secondary N) is 2. The molecule has 0 radical (unpaired) electrons. The molecule has 0 atom stereocenters. The lowest BCUT2D eigenvalue weighted by Crippen LogP contribution is -2.21. The molecule has 0 saturated heterocycles. The Kier molecular flexibility index (Phi) is 2.92. The summed E-state index contributed by atoms with van der Waals surface area (Å²) in [7, 11) is 0. The molecule has 2 N–H and O–H groups in total. The molecule has 3 rings (SSSR count). The van der Waals surface area contributed by atoms with E-state index in [4.69, 9.17) is 16.3 Å². The first-order valence-corrected chi connectivity index (χ1v) is 5.90. The number of cyclic esters (lactones) is 1. The van der Waals surface area contributed by atoms with E-state index in [0.717, 1.165) is 11.3 Å². The van der Waals surface area contributed by atoms with Crippen LogP contribution in [0.25, 0.3) is 0 Å². The highest BCUT2D eigenvalue weighted by atomic mass is 35.5. The molecule has 1 aromatic heterocycles. The topological polar surface area (TPSA) is 76.1 Å². The van der Waals surface area contributed by atoms with Gasteiger partial charge in [0.05, 0.1) is 11.4 Å². The molecule has 1 aliphatic heterocycles. The molecule has 6 nitrogen and oxygen atoms in total. The monoisotopic (exact) mass is 276 g/mol. The first kappa shape index (κ1) is 11.7. The Morgan fingerprint density at radius 3 is 3.11 bits per heavy atom. The zero-order valence-corrected chi connectivity index (χ0v) is 10.4. The molecule has 1 amide bonds. The van der Waals surface area contributed by atoms with E-state index in [1.807, 2.05) is 18.2 Å². The number of para-hydroxylation sites is 1. The molecule has 2 aromatic rings. The van der Waals surface area contributed by atoms with Crippen LogP contribution in [0.2, 0.25) is 5.15 Å². The molecular formula is C12H9ClN4O2. The summed E-state index contributed by atoms with van der Waals surface area (Å²) in [6, 6.07) is 7.18. The van der Waals surface area contributed by atoms with Gasteiger partial charge in [-0.05, 0) is 6.07 Å². The summed E-state index contributed by atoms with van der Waals surface area (Å²) in [4.78, 5) is 19.1. The van der Waals surface area contributed by atoms with Crippen molar-refractivity contribution in [3.63, 3.8) is 0 Å². The van der Waals surface area contributed by atoms with E-state index in [1.165, 1.54) is 6.33 Å². The van der Waals surface area contributed by atoms with Gasteiger partial charge >= 0.3 is 6.09 Å². The predicted octanol–water partition coefficient (Wildman–Crippen LogP) is 2.94. The number of carbonyl (C=O) groups is 1. The Morgan fingerprint density at radius 1 is 1.37 bits per heavy atom. The molecule has 1 aromatic carbocycles. The fourth-order valence-corrected chi connectivity index (χ4v) is 1.94. The normalized spacial score (nSPS) is 13.2. The standard InChI is InChI=1S/C12H9ClN4O2/c13-9-4-10(15-6-14-9)16-8-3-1-2-7-5-19-12(18)17-11(7)8/h1-4,6H,5H2,(H,17,18)(H,14,15,16). The van der Waals surface area contributed by atoms with Gasteiger partial charge < -0.3 is 10.1 Å². The van der Waals surface area contributed by atoms with Crippen LogP contribution in [0.15, 0.2) is 30.6 Å². The van der Waals surface area contributed by atoms with E-state index >= 15 is 0 Å². The summed E-state index contributed by atoms with van der Waals surface area (Å²) >= 11 is 5.80. The largest absolute Gasteiger partial charge is 0.444 e. The smallest absolute Gasteiger partial charge is 0.412 e. The quantitative estimate of drug-likeness (QED) is 0.825. The molecule has 0 saturated carbocycles. The molecule has 2 heterocycles. The lowest BCUT2D eigenvalue weighted by atomic mass is 10.1. The van der Waals surface area contributed by atoms with Gasteiger partial charge in [-0.1, -0.05) is 23.7 Å². The number of halogens is 1. The Hall–Kier alpha value is -2.34. The van der Waals surface area contributed by atoms with Crippen molar-refractivity contribution in [1.29, 1.82) is 0 Å². The van der Waals surface area contributed by atoms with Gasteiger partial charge in [0, 0.05) is 11.6 Å². The lowest BCUT2D eigenvalue weighted by molar-refractivity contribution is 0.151. The fraction of sp³-hybridized carbons (Fsp3) is 0.0833. The van der Waals surface area contributed by atoms with Crippen LogP contribution in [0.5, 0.6) is 0 Å². The Labute approximate surface area is 113 Å². The number of amides is 1. The third kappa shape index (κ3) is 2.43. The number of benzene rings is 1. The number of nitrogens with zero attached hydrogens (tertiary/aromatic N) is 2. The van der Waals surface area contributed by atoms with Crippen LogP contribution in [0.3, 0.4) is 0 Å². The third-order valence-corrected chi connectivity index (χ3v) is 2.84. The van der Waals surface area contributed by atoms with Crippen molar-refractivity contribution in [2.45, 2.75) is 6.61 Å². The minimum absolute atomic E-state index is 0.251. The van der Waals surface area contributed by atoms with Crippen LogP contribution >= 0.6 is 11.6 Å². The van der Waals surface area contributed by atoms with E-state index in [1.54, 1.807) is 6.07 Å². The number of fused-ring (bicyclic) bond motifs is 1. The van der Waals surface area contributed by atoms with Crippen molar-refractivity contribution in [2.75, 3.05) is 10.6 Å². The fourth-order valence-electron chi connectivity index (χ4n) is 1.79. The summed E-state index contributed by atoms with van der Waals surface area (Å²) in [5.74, 6) is 0.550. The Balaban J connectivity index is 1.95. The average molecular weight is 277 g/mol. The summed E-state index contributed by atoms with van der Waals surface area (Å²) in [6.45, 7) is 0.251. The number of rotatable bonds is 2. The van der Waals surface area contributed by atoms with Gasteiger partial charge in [-0.2, -0.15) is 0 Å². The second kappa shape index (κ2) is 4.74. The van der Waals surface area contributed by atoms with Crippen LogP contribution in [-0.4, -0.2) is 16.1 Å². The molecule has 0 unspecified atom stereocenters. The minimum atomic E-state index is -0.470. The van der Waals surface area contributed by atoms with Gasteiger partial charge in [-0.15, -0.1) is 0 Å². The van der Waals surface area contributed by atoms with Crippen LogP contribution in [0, 0.1) is 0 Å². The maximum atomic E-state index is 11.3. The number of hydrogen-bond donors (Lipinski definition) is 2. The first-order chi connectivity index (χ1) is 9.22. The van der Waals surface area contributed by atoms with Crippen molar-refractivity contribution >= 4 is 34.9 Å². The lowest BCUT2D eigenvalue weighted by Gasteiger charge is -2.20. The maximum absolute atomic E-state index is 11.3. The van der Waals surface area contributed by atoms with Gasteiger partial charge in [-0.3, -0.25) is 5.32 Å². The number of aromatic nitrogens is 2. The van der Waals surface area contributed by atoms with Crippen LogP contribution in [0.1, 0.15) is 5.56 Å². The highest BCUT2D eigenvalue weighted by Gasteiger charge is 2.18. The molecule has 0 fully saturated rings. The van der Waals surface area contributed by atoms with Crippen molar-refractivity contribution in [1.82, 2.24) is 9.97 Å². The van der Waals surface area contributed by atoms with Crippen molar-refractivity contribution in [3.05, 3.63) is 41.3 Å². The van der Waals surface area contributed by atoms with E-state index in [9.17, 15) is 4.79 Å². The second-order valence-corrected chi connectivity index (χ2v) is 4.28. The molecule has 0 aliphatic carbocycles. The van der Waals surface area contributed by atoms with Crippen molar-refractivity contribution in [3.8, 4) is 0 Å². The van der Waals surface area contributed by atoms with Crippen molar-refractivity contribution < 1.29 is 9.53 Å². The Morgan fingerprint density at radius 2 is 2.26 bits per heavy atom. The second-order valence-electron chi connectivity index (χ2n) is 3.89. The first-order valence-electron chi connectivity index (χ1n) is 5.52. The molecule has 7 heteroatoms. The summed E-state index contributed by atoms with van der Waals surface area (Å²) in [5.41, 5.74) is 2.31. The Bertz CT molecular complexity index is 647. The molecular weight excluding hydrogens is 268 g/mol. The maximum Gasteiger partial charge on any atom is 0.412 e. The van der Waals surface area contributed by atoms with Gasteiger partial charge in [-0.25, -0.2) is 14.8 Å². The van der Waals surface area contributed by atoms with Crippen LogP contribution in [0.4, 0.5) is 22.0 Å². The number of ether oxygens (including phenoxy) is 1. The van der Waals surface area contributed by atoms with Crippen LogP contribution < -0.4 is 10.6 Å². The zero-order valence-electron chi connectivity index (χ0n) is 9.68. The van der Waals surface area contributed by atoms with E-state index in [-0.39, 0.29) is 6.61 Å². The highest BCUT2D eigenvalue weighted by molar-refractivity contribution is 6.29. The zero-order chi connectivity index (χ0) is 13.2. The van der Waals surface area contributed by atoms with E-state index in [2.05, 4.69) is 20.6 Å². The van der Waals surface area contributed by atoms with Crippen molar-refractivity contribution in [2.24, 2.45) is 0 Å². The molecule has 0 bridgehead atoms. The average Bonchev–Trinajstić information content (AvgIpc) is 2.39. The minimum Gasteiger partial charge on any atom is -0.444 e. The van der Waals surface area contributed by atoms with Crippen LogP contribution in [-0.2, 0) is 11.3 Å². The van der Waals surface area contributed by atoms with E-state index < -0.39 is 6.09 Å². The highest BCUT2D eigenvalue weighted by Crippen LogP contribution is 2.31. The van der Waals surface area contributed by atoms with Gasteiger partial charge in [0.25, 0.3) is 0 Å². The predicted molar refractivity (Wildman–Crippen MR) is 70.6 cm³/mol. The summed E-state index contributed by atoms with van der Waals surface area (Å²) in [6.07, 6.45) is 0.893. The van der Waals surface area contributed by atoms with Gasteiger partial charge in [0.1, 0.15) is 23.9 Å². The number of anilines is 3. The number of carbonyl (C=O) groups excluding carboxylic acids is 1. The molecule has 1 aliphatic rings. The van der Waals surface area contributed by atoms with E-state index in [0.29, 0.717) is 16.7 Å². The molecule has 96 valence electrons.